The highest BCUT2D eigenvalue weighted by Gasteiger charge is 2.30. The summed E-state index contributed by atoms with van der Waals surface area (Å²) in [4.78, 5) is 35.5. The lowest BCUT2D eigenvalue weighted by Gasteiger charge is -2.16. The van der Waals surface area contributed by atoms with E-state index in [0.29, 0.717) is 18.9 Å². The van der Waals surface area contributed by atoms with Crippen LogP contribution in [-0.4, -0.2) is 56.0 Å². The van der Waals surface area contributed by atoms with Crippen molar-refractivity contribution < 1.29 is 29.0 Å². The van der Waals surface area contributed by atoms with Gasteiger partial charge < -0.3 is 25.2 Å². The largest absolute Gasteiger partial charge is 0.479 e. The van der Waals surface area contributed by atoms with Gasteiger partial charge in [-0.05, 0) is 53.4 Å². The number of carboxylic acid groups (broad SMARTS) is 1. The second kappa shape index (κ2) is 11.4. The van der Waals surface area contributed by atoms with E-state index in [1.807, 2.05) is 24.3 Å². The molecule has 35 heavy (non-hydrogen) atoms. The Morgan fingerprint density at radius 1 is 0.971 bits per heavy atom. The first-order valence-corrected chi connectivity index (χ1v) is 12.1. The van der Waals surface area contributed by atoms with Gasteiger partial charge in [0.15, 0.2) is 6.10 Å². The molecule has 8 nitrogen and oxygen atoms in total. The van der Waals surface area contributed by atoms with E-state index in [2.05, 4.69) is 34.9 Å². The molecule has 0 heterocycles. The van der Waals surface area contributed by atoms with Gasteiger partial charge in [0.2, 0.25) is 5.91 Å². The fourth-order valence-electron chi connectivity index (χ4n) is 5.24. The summed E-state index contributed by atoms with van der Waals surface area (Å²) in [5.74, 6) is -0.744. The Morgan fingerprint density at radius 3 is 2.23 bits per heavy atom. The third-order valence-corrected chi connectivity index (χ3v) is 7.05. The van der Waals surface area contributed by atoms with Crippen LogP contribution in [0.15, 0.2) is 48.5 Å². The average Bonchev–Trinajstić information content (AvgIpc) is 3.43. The summed E-state index contributed by atoms with van der Waals surface area (Å²) in [6, 6.07) is 16.5. The molecule has 0 radical (unpaired) electrons. The van der Waals surface area contributed by atoms with Crippen LogP contribution in [0, 0.1) is 11.8 Å². The van der Waals surface area contributed by atoms with Gasteiger partial charge in [0.25, 0.3) is 0 Å². The highest BCUT2D eigenvalue weighted by atomic mass is 16.5. The van der Waals surface area contributed by atoms with E-state index in [1.54, 1.807) is 0 Å². The van der Waals surface area contributed by atoms with Gasteiger partial charge in [-0.1, -0.05) is 48.5 Å². The summed E-state index contributed by atoms with van der Waals surface area (Å²) in [6.45, 7) is 0.746. The lowest BCUT2D eigenvalue weighted by molar-refractivity contribution is -0.148. The van der Waals surface area contributed by atoms with Crippen molar-refractivity contribution in [1.82, 2.24) is 10.6 Å². The van der Waals surface area contributed by atoms with Crippen molar-refractivity contribution in [3.05, 3.63) is 59.7 Å². The van der Waals surface area contributed by atoms with Gasteiger partial charge >= 0.3 is 12.1 Å². The van der Waals surface area contributed by atoms with Crippen LogP contribution in [0.1, 0.15) is 42.7 Å². The Morgan fingerprint density at radius 2 is 1.60 bits per heavy atom. The van der Waals surface area contributed by atoms with Gasteiger partial charge in [0.05, 0.1) is 6.54 Å². The quantitative estimate of drug-likeness (QED) is 0.479. The van der Waals surface area contributed by atoms with Gasteiger partial charge in [-0.25, -0.2) is 9.59 Å². The molecule has 1 saturated carbocycles. The maximum absolute atomic E-state index is 12.4. The molecule has 1 fully saturated rings. The Balaban J connectivity index is 1.19. The Hall–Kier alpha value is -3.39. The lowest BCUT2D eigenvalue weighted by atomic mass is 9.98. The topological polar surface area (TPSA) is 114 Å². The van der Waals surface area contributed by atoms with E-state index in [0.717, 1.165) is 19.3 Å². The number of alkyl carbamates (subject to hydrolysis) is 1. The van der Waals surface area contributed by atoms with Crippen molar-refractivity contribution >= 4 is 18.0 Å². The van der Waals surface area contributed by atoms with Gasteiger partial charge in [0.1, 0.15) is 6.61 Å². The number of fused-ring (bicyclic) bond motifs is 3. The zero-order valence-corrected chi connectivity index (χ0v) is 19.9. The van der Waals surface area contributed by atoms with Crippen LogP contribution in [0.25, 0.3) is 11.1 Å². The minimum Gasteiger partial charge on any atom is -0.479 e. The van der Waals surface area contributed by atoms with E-state index < -0.39 is 18.2 Å². The maximum Gasteiger partial charge on any atom is 0.407 e. The van der Waals surface area contributed by atoms with Crippen molar-refractivity contribution in [1.29, 1.82) is 0 Å². The number of amides is 2. The van der Waals surface area contributed by atoms with Gasteiger partial charge in [-0.15, -0.1) is 0 Å². The third kappa shape index (κ3) is 6.00. The minimum absolute atomic E-state index is 0.0290. The SMILES string of the molecule is COC(CNC(=O)CC1CCC(CNC(=O)OCC2c3ccccc3-c3ccccc32)C1)C(=O)O. The fraction of sp³-hybridized carbons (Fsp3) is 0.444. The van der Waals surface area contributed by atoms with Crippen LogP contribution in [0.3, 0.4) is 0 Å². The van der Waals surface area contributed by atoms with E-state index in [1.165, 1.54) is 29.4 Å². The molecule has 0 aromatic heterocycles. The molecule has 2 aromatic rings. The smallest absolute Gasteiger partial charge is 0.407 e. The Labute approximate surface area is 205 Å². The summed E-state index contributed by atoms with van der Waals surface area (Å²) in [5.41, 5.74) is 4.75. The number of benzene rings is 2. The van der Waals surface area contributed by atoms with Gasteiger partial charge in [-0.3, -0.25) is 4.79 Å². The molecule has 2 amide bonds. The number of nitrogens with one attached hydrogen (secondary N) is 2. The summed E-state index contributed by atoms with van der Waals surface area (Å²) >= 11 is 0. The van der Waals surface area contributed by atoms with Gasteiger partial charge in [0, 0.05) is 26.0 Å². The van der Waals surface area contributed by atoms with Crippen LogP contribution >= 0.6 is 0 Å². The number of aliphatic carboxylic acids is 1. The fourth-order valence-corrected chi connectivity index (χ4v) is 5.24. The molecule has 3 N–H and O–H groups in total. The van der Waals surface area contributed by atoms with Crippen LogP contribution < -0.4 is 10.6 Å². The summed E-state index contributed by atoms with van der Waals surface area (Å²) in [6.07, 6.45) is 1.54. The zero-order valence-electron chi connectivity index (χ0n) is 19.9. The third-order valence-electron chi connectivity index (χ3n) is 7.05. The molecule has 3 atom stereocenters. The molecule has 0 aliphatic heterocycles. The highest BCUT2D eigenvalue weighted by Crippen LogP contribution is 2.44. The standard InChI is InChI=1S/C27H32N2O6/c1-34-24(26(31)32)15-28-25(30)13-17-10-11-18(12-17)14-29-27(33)35-16-23-21-8-4-2-6-19(21)20-7-3-5-9-22(20)23/h2-9,17-18,23-24H,10-16H2,1H3,(H,28,30)(H,29,33)(H,31,32). The van der Waals surface area contributed by atoms with Crippen LogP contribution in [0.2, 0.25) is 0 Å². The number of carbonyl (C=O) groups excluding carboxylic acids is 2. The number of rotatable bonds is 10. The van der Waals surface area contributed by atoms with E-state index in [4.69, 9.17) is 14.6 Å². The molecule has 0 bridgehead atoms. The molecule has 4 rings (SSSR count). The number of carbonyl (C=O) groups is 3. The van der Waals surface area contributed by atoms with E-state index >= 15 is 0 Å². The predicted molar refractivity (Wildman–Crippen MR) is 130 cm³/mol. The lowest BCUT2D eigenvalue weighted by Crippen LogP contribution is -2.38. The molecule has 186 valence electrons. The normalized spacial score (nSPS) is 19.5. The highest BCUT2D eigenvalue weighted by molar-refractivity contribution is 5.79. The number of hydrogen-bond acceptors (Lipinski definition) is 5. The summed E-state index contributed by atoms with van der Waals surface area (Å²) in [7, 11) is 1.30. The molecule has 0 spiro atoms. The predicted octanol–water partition coefficient (Wildman–Crippen LogP) is 3.55. The maximum atomic E-state index is 12.4. The molecule has 2 aromatic carbocycles. The zero-order chi connectivity index (χ0) is 24.8. The molecule has 8 heteroatoms. The molecule has 0 saturated heterocycles. The van der Waals surface area contributed by atoms with Crippen molar-refractivity contribution in [3.63, 3.8) is 0 Å². The molecular formula is C27H32N2O6. The number of carboxylic acids is 1. The van der Waals surface area contributed by atoms with Crippen molar-refractivity contribution in [2.75, 3.05) is 26.8 Å². The summed E-state index contributed by atoms with van der Waals surface area (Å²) < 4.78 is 10.4. The van der Waals surface area contributed by atoms with Crippen LogP contribution in [0.5, 0.6) is 0 Å². The molecule has 2 aliphatic carbocycles. The Bertz CT molecular complexity index is 1030. The summed E-state index contributed by atoms with van der Waals surface area (Å²) in [5, 5.41) is 14.5. The molecule has 3 unspecified atom stereocenters. The minimum atomic E-state index is -1.10. The van der Waals surface area contributed by atoms with Crippen molar-refractivity contribution in [3.8, 4) is 11.1 Å². The van der Waals surface area contributed by atoms with E-state index in [9.17, 15) is 14.4 Å². The second-order valence-electron chi connectivity index (χ2n) is 9.32. The van der Waals surface area contributed by atoms with Crippen LogP contribution in [-0.2, 0) is 19.1 Å². The van der Waals surface area contributed by atoms with E-state index in [-0.39, 0.29) is 30.9 Å². The number of hydrogen-bond donors (Lipinski definition) is 3. The first-order valence-electron chi connectivity index (χ1n) is 12.1. The number of ether oxygens (including phenoxy) is 2. The second-order valence-corrected chi connectivity index (χ2v) is 9.32. The Kier molecular flexibility index (Phi) is 8.02. The first-order chi connectivity index (χ1) is 17.0. The van der Waals surface area contributed by atoms with Gasteiger partial charge in [-0.2, -0.15) is 0 Å². The van der Waals surface area contributed by atoms with Crippen LogP contribution in [0.4, 0.5) is 4.79 Å². The molecule has 2 aliphatic rings. The monoisotopic (exact) mass is 480 g/mol. The van der Waals surface area contributed by atoms with Crippen molar-refractivity contribution in [2.45, 2.75) is 37.7 Å². The first kappa shape index (κ1) is 24.7. The average molecular weight is 481 g/mol. The van der Waals surface area contributed by atoms with Crippen molar-refractivity contribution in [2.24, 2.45) is 11.8 Å². The number of methoxy groups -OCH3 is 1. The molecular weight excluding hydrogens is 448 g/mol.